The molecule has 202 valence electrons. The number of nitrogens with one attached hydrogen (secondary N) is 1. The van der Waals surface area contributed by atoms with Gasteiger partial charge in [0.1, 0.15) is 17.0 Å². The van der Waals surface area contributed by atoms with E-state index in [9.17, 15) is 13.2 Å². The van der Waals surface area contributed by atoms with E-state index in [1.165, 1.54) is 19.3 Å². The molecular formula is C25H36N6O5S. The van der Waals surface area contributed by atoms with Gasteiger partial charge in [-0.1, -0.05) is 19.3 Å². The molecule has 3 aromatic rings. The number of aryl methyl sites for hydroxylation is 1. The van der Waals surface area contributed by atoms with Gasteiger partial charge < -0.3 is 20.4 Å². The fourth-order valence-electron chi connectivity index (χ4n) is 5.20. The maximum Gasteiger partial charge on any atom is 0.262 e. The Hall–Kier alpha value is -2.96. The molecule has 1 aliphatic heterocycles. The third-order valence-corrected chi connectivity index (χ3v) is 7.06. The molecule has 1 aromatic carbocycles. The maximum atomic E-state index is 13.2. The van der Waals surface area contributed by atoms with Crippen molar-refractivity contribution in [2.45, 2.75) is 56.9 Å². The summed E-state index contributed by atoms with van der Waals surface area (Å²) in [7, 11) is -0.150. The number of anilines is 1. The SMILES string of the molecule is COc1cc(N2CCC(N)CC2)ccc1-c1nc2c(c(C3CCCCC3)nn2C)c(=O)[nH]1.CS(=O)(=O)O. The van der Waals surface area contributed by atoms with E-state index < -0.39 is 10.1 Å². The second-order valence-corrected chi connectivity index (χ2v) is 11.4. The van der Waals surface area contributed by atoms with E-state index in [1.807, 2.05) is 19.2 Å². The number of benzene rings is 1. The van der Waals surface area contributed by atoms with Crippen LogP contribution in [-0.4, -0.2) is 65.2 Å². The topological polar surface area (TPSA) is 156 Å². The van der Waals surface area contributed by atoms with E-state index in [0.29, 0.717) is 34.8 Å². The van der Waals surface area contributed by atoms with Gasteiger partial charge in [-0.25, -0.2) is 9.67 Å². The van der Waals surface area contributed by atoms with Crippen molar-refractivity contribution in [3.63, 3.8) is 0 Å². The Morgan fingerprint density at radius 2 is 1.78 bits per heavy atom. The zero-order valence-corrected chi connectivity index (χ0v) is 22.4. The molecule has 12 heteroatoms. The lowest BCUT2D eigenvalue weighted by molar-refractivity contribution is 0.415. The van der Waals surface area contributed by atoms with Gasteiger partial charge in [0.05, 0.1) is 24.6 Å². The van der Waals surface area contributed by atoms with Crippen molar-refractivity contribution in [1.82, 2.24) is 19.7 Å². The first kappa shape index (κ1) is 27.1. The summed E-state index contributed by atoms with van der Waals surface area (Å²) in [6, 6.07) is 6.35. The number of hydrogen-bond donors (Lipinski definition) is 3. The number of aromatic amines is 1. The number of hydrogen-bond acceptors (Lipinski definition) is 8. The molecule has 1 saturated heterocycles. The smallest absolute Gasteiger partial charge is 0.262 e. The molecule has 2 aromatic heterocycles. The Kier molecular flexibility index (Phi) is 8.20. The van der Waals surface area contributed by atoms with E-state index in [0.717, 1.165) is 55.7 Å². The molecule has 0 unspecified atom stereocenters. The average molecular weight is 533 g/mol. The predicted molar refractivity (Wildman–Crippen MR) is 144 cm³/mol. The highest BCUT2D eigenvalue weighted by Crippen LogP contribution is 2.36. The number of ether oxygens (including phenoxy) is 1. The maximum absolute atomic E-state index is 13.2. The number of nitrogens with two attached hydrogens (primary N) is 1. The van der Waals surface area contributed by atoms with Gasteiger partial charge >= 0.3 is 0 Å². The third kappa shape index (κ3) is 6.49. The first-order chi connectivity index (χ1) is 17.5. The van der Waals surface area contributed by atoms with Gasteiger partial charge in [0, 0.05) is 43.9 Å². The molecule has 1 saturated carbocycles. The summed E-state index contributed by atoms with van der Waals surface area (Å²) in [5.74, 6) is 1.53. The Morgan fingerprint density at radius 3 is 2.41 bits per heavy atom. The second kappa shape index (κ2) is 11.2. The van der Waals surface area contributed by atoms with Crippen LogP contribution in [0.5, 0.6) is 5.75 Å². The molecule has 0 amide bonds. The van der Waals surface area contributed by atoms with Crippen molar-refractivity contribution < 1.29 is 17.7 Å². The van der Waals surface area contributed by atoms with Crippen LogP contribution in [0.2, 0.25) is 0 Å². The highest BCUT2D eigenvalue weighted by molar-refractivity contribution is 7.85. The zero-order chi connectivity index (χ0) is 26.7. The minimum absolute atomic E-state index is 0.130. The van der Waals surface area contributed by atoms with Gasteiger partial charge in [-0.15, -0.1) is 0 Å². The summed E-state index contributed by atoms with van der Waals surface area (Å²) in [4.78, 5) is 23.3. The second-order valence-electron chi connectivity index (χ2n) is 9.90. The number of piperidine rings is 1. The summed E-state index contributed by atoms with van der Waals surface area (Å²) in [6.45, 7) is 1.87. The Bertz CT molecular complexity index is 1390. The summed E-state index contributed by atoms with van der Waals surface area (Å²) in [6.07, 6.45) is 8.51. The number of fused-ring (bicyclic) bond motifs is 1. The van der Waals surface area contributed by atoms with Crippen LogP contribution in [0, 0.1) is 0 Å². The predicted octanol–water partition coefficient (Wildman–Crippen LogP) is 2.81. The molecule has 5 rings (SSSR count). The molecule has 4 N–H and O–H groups in total. The van der Waals surface area contributed by atoms with E-state index in [2.05, 4.69) is 16.0 Å². The van der Waals surface area contributed by atoms with Gasteiger partial charge in [-0.3, -0.25) is 9.35 Å². The summed E-state index contributed by atoms with van der Waals surface area (Å²) in [5, 5.41) is 5.35. The van der Waals surface area contributed by atoms with Crippen molar-refractivity contribution in [2.24, 2.45) is 12.8 Å². The zero-order valence-electron chi connectivity index (χ0n) is 21.6. The summed E-state index contributed by atoms with van der Waals surface area (Å²) < 4.78 is 33.3. The third-order valence-electron chi connectivity index (χ3n) is 7.06. The van der Waals surface area contributed by atoms with Crippen LogP contribution < -0.4 is 20.9 Å². The number of methoxy groups -OCH3 is 1. The largest absolute Gasteiger partial charge is 0.496 e. The molecular weight excluding hydrogens is 496 g/mol. The minimum atomic E-state index is -3.67. The highest BCUT2D eigenvalue weighted by atomic mass is 32.2. The van der Waals surface area contributed by atoms with E-state index in [1.54, 1.807) is 11.8 Å². The molecule has 0 radical (unpaired) electrons. The van der Waals surface area contributed by atoms with Gasteiger partial charge in [0.2, 0.25) is 0 Å². The van der Waals surface area contributed by atoms with Crippen molar-refractivity contribution >= 4 is 26.8 Å². The molecule has 1 aliphatic carbocycles. The summed E-state index contributed by atoms with van der Waals surface area (Å²) in [5.41, 5.74) is 9.31. The Labute approximate surface area is 216 Å². The van der Waals surface area contributed by atoms with Crippen molar-refractivity contribution in [3.8, 4) is 17.1 Å². The molecule has 37 heavy (non-hydrogen) atoms. The number of aromatic nitrogens is 4. The van der Waals surface area contributed by atoms with Gasteiger partial charge in [-0.2, -0.15) is 13.5 Å². The number of rotatable bonds is 4. The monoisotopic (exact) mass is 532 g/mol. The van der Waals surface area contributed by atoms with Crippen LogP contribution in [0.25, 0.3) is 22.4 Å². The highest BCUT2D eigenvalue weighted by Gasteiger charge is 2.25. The van der Waals surface area contributed by atoms with E-state index in [-0.39, 0.29) is 11.6 Å². The van der Waals surface area contributed by atoms with Crippen molar-refractivity contribution in [3.05, 3.63) is 34.2 Å². The van der Waals surface area contributed by atoms with Gasteiger partial charge in [0.15, 0.2) is 5.65 Å². The van der Waals surface area contributed by atoms with Gasteiger partial charge in [-0.05, 0) is 37.8 Å². The minimum Gasteiger partial charge on any atom is -0.496 e. The molecule has 2 aliphatic rings. The first-order valence-electron chi connectivity index (χ1n) is 12.6. The van der Waals surface area contributed by atoms with E-state index in [4.69, 9.17) is 25.1 Å². The lowest BCUT2D eigenvalue weighted by Crippen LogP contribution is -2.39. The lowest BCUT2D eigenvalue weighted by Gasteiger charge is -2.32. The average Bonchev–Trinajstić information content (AvgIpc) is 3.20. The fraction of sp³-hybridized carbons (Fsp3) is 0.560. The van der Waals surface area contributed by atoms with Crippen LogP contribution in [0.15, 0.2) is 23.0 Å². The molecule has 0 atom stereocenters. The van der Waals surface area contributed by atoms with Crippen LogP contribution >= 0.6 is 0 Å². The molecule has 11 nitrogen and oxygen atoms in total. The van der Waals surface area contributed by atoms with E-state index >= 15 is 0 Å². The molecule has 0 bridgehead atoms. The van der Waals surface area contributed by atoms with Crippen molar-refractivity contribution in [2.75, 3.05) is 31.4 Å². The number of H-pyrrole nitrogens is 1. The molecule has 2 fully saturated rings. The normalized spacial score (nSPS) is 17.5. The van der Waals surface area contributed by atoms with Crippen LogP contribution in [0.1, 0.15) is 56.6 Å². The molecule has 3 heterocycles. The Balaban J connectivity index is 0.000000586. The van der Waals surface area contributed by atoms with Gasteiger partial charge in [0.25, 0.3) is 15.7 Å². The van der Waals surface area contributed by atoms with Crippen LogP contribution in [0.4, 0.5) is 5.69 Å². The lowest BCUT2D eigenvalue weighted by atomic mass is 9.86. The molecule has 0 spiro atoms. The summed E-state index contributed by atoms with van der Waals surface area (Å²) >= 11 is 0. The van der Waals surface area contributed by atoms with Crippen molar-refractivity contribution in [1.29, 1.82) is 0 Å². The standard InChI is InChI=1S/C24H32N6O2.CH4O3S/c1-29-23-20(21(28-29)15-6-4-3-5-7-15)24(31)27-22(26-23)18-9-8-17(14-19(18)32-2)30-12-10-16(25)11-13-30;1-5(2,3)4/h8-9,14-16H,3-7,10-13,25H2,1-2H3,(H,26,27,31);1H3,(H,2,3,4). The Morgan fingerprint density at radius 1 is 1.14 bits per heavy atom. The fourth-order valence-corrected chi connectivity index (χ4v) is 5.20. The van der Waals surface area contributed by atoms with Crippen LogP contribution in [0.3, 0.4) is 0 Å². The van der Waals surface area contributed by atoms with Crippen LogP contribution in [-0.2, 0) is 17.2 Å². The quantitative estimate of drug-likeness (QED) is 0.430. The number of nitrogens with zero attached hydrogens (tertiary/aromatic N) is 4. The first-order valence-corrected chi connectivity index (χ1v) is 14.5.